The first-order chi connectivity index (χ1) is 14.7. The molecule has 2 N–H and O–H groups in total. The lowest BCUT2D eigenvalue weighted by Crippen LogP contribution is -2.36. The van der Waals surface area contributed by atoms with E-state index in [9.17, 15) is 27.3 Å². The van der Waals surface area contributed by atoms with Crippen LogP contribution in [0.15, 0.2) is 35.4 Å². The summed E-state index contributed by atoms with van der Waals surface area (Å²) in [5, 5.41) is 14.2. The Balaban J connectivity index is 1.75. The number of pyridine rings is 1. The summed E-state index contributed by atoms with van der Waals surface area (Å²) in [5.41, 5.74) is -2.30. The predicted molar refractivity (Wildman–Crippen MR) is 110 cm³/mol. The van der Waals surface area contributed by atoms with E-state index in [2.05, 4.69) is 15.3 Å². The maximum Gasteiger partial charge on any atom is 0.266 e. The topological polar surface area (TPSA) is 97.1 Å². The average molecular weight is 452 g/mol. The second-order valence-corrected chi connectivity index (χ2v) is 9.00. The van der Waals surface area contributed by atoms with Gasteiger partial charge in [0.1, 0.15) is 29.2 Å². The summed E-state index contributed by atoms with van der Waals surface area (Å²) in [5.74, 6) is -0.519. The molecule has 0 radical (unpaired) electrons. The maximum atomic E-state index is 14.4. The van der Waals surface area contributed by atoms with Crippen LogP contribution in [0.25, 0.3) is 11.0 Å². The van der Waals surface area contributed by atoms with Crippen LogP contribution in [-0.2, 0) is 30.0 Å². The number of aliphatic hydroxyl groups is 1. The number of rotatable bonds is 5. The standard InChI is InChI=1S/C20H19F3N4O3S/c1-27-18-13(7-14(19(27)28)20(29)5-6-31(30)9-20)17(25-10-26-18)24-8-11-3-2-4-12(15(11)21)16(22)23/h2-4,7,10,16,29H,5-6,8-9H2,1H3,(H,24,25,26). The van der Waals surface area contributed by atoms with Crippen LogP contribution in [0.5, 0.6) is 0 Å². The number of halogens is 3. The Hall–Kier alpha value is -2.79. The number of hydrogen-bond acceptors (Lipinski definition) is 6. The number of aromatic nitrogens is 3. The lowest BCUT2D eigenvalue weighted by atomic mass is 9.93. The average Bonchev–Trinajstić information content (AvgIpc) is 3.09. The third kappa shape index (κ3) is 3.83. The molecule has 0 saturated carbocycles. The zero-order valence-corrected chi connectivity index (χ0v) is 17.3. The van der Waals surface area contributed by atoms with E-state index in [1.165, 1.54) is 36.1 Å². The third-order valence-corrected chi connectivity index (χ3v) is 6.90. The molecule has 164 valence electrons. The molecular weight excluding hydrogens is 433 g/mol. The summed E-state index contributed by atoms with van der Waals surface area (Å²) in [6.07, 6.45) is -1.54. The molecule has 2 atom stereocenters. The lowest BCUT2D eigenvalue weighted by Gasteiger charge is -2.22. The number of nitrogens with zero attached hydrogens (tertiary/aromatic N) is 3. The van der Waals surface area contributed by atoms with Gasteiger partial charge in [-0.1, -0.05) is 18.2 Å². The van der Waals surface area contributed by atoms with Crippen molar-refractivity contribution in [1.82, 2.24) is 14.5 Å². The van der Waals surface area contributed by atoms with Crippen LogP contribution in [0, 0.1) is 5.82 Å². The summed E-state index contributed by atoms with van der Waals surface area (Å²) >= 11 is 0. The van der Waals surface area contributed by atoms with Crippen molar-refractivity contribution < 1.29 is 22.5 Å². The largest absolute Gasteiger partial charge is 0.384 e. The fourth-order valence-electron chi connectivity index (χ4n) is 3.73. The van der Waals surface area contributed by atoms with E-state index in [4.69, 9.17) is 0 Å². The zero-order chi connectivity index (χ0) is 22.3. The summed E-state index contributed by atoms with van der Waals surface area (Å²) in [7, 11) is 0.260. The van der Waals surface area contributed by atoms with E-state index in [1.807, 2.05) is 0 Å². The van der Waals surface area contributed by atoms with Gasteiger partial charge in [0, 0.05) is 35.7 Å². The molecule has 3 heterocycles. The summed E-state index contributed by atoms with van der Waals surface area (Å²) in [4.78, 5) is 21.1. The highest BCUT2D eigenvalue weighted by atomic mass is 32.2. The van der Waals surface area contributed by atoms with Crippen molar-refractivity contribution in [3.8, 4) is 0 Å². The Bertz CT molecular complexity index is 1250. The van der Waals surface area contributed by atoms with Gasteiger partial charge in [-0.2, -0.15) is 0 Å². The van der Waals surface area contributed by atoms with Gasteiger partial charge in [-0.25, -0.2) is 23.1 Å². The van der Waals surface area contributed by atoms with Gasteiger partial charge in [0.15, 0.2) is 0 Å². The third-order valence-electron chi connectivity index (χ3n) is 5.44. The fourth-order valence-corrected chi connectivity index (χ4v) is 5.28. The molecular formula is C20H19F3N4O3S. The van der Waals surface area contributed by atoms with E-state index in [0.29, 0.717) is 5.39 Å². The molecule has 11 heteroatoms. The molecule has 0 spiro atoms. The highest BCUT2D eigenvalue weighted by Crippen LogP contribution is 2.32. The summed E-state index contributed by atoms with van der Waals surface area (Å²) in [6.45, 7) is -0.134. The second kappa shape index (κ2) is 8.04. The van der Waals surface area contributed by atoms with Gasteiger partial charge in [-0.05, 0) is 12.5 Å². The quantitative estimate of drug-likeness (QED) is 0.617. The number of alkyl halides is 2. The van der Waals surface area contributed by atoms with Crippen molar-refractivity contribution >= 4 is 27.7 Å². The van der Waals surface area contributed by atoms with Gasteiger partial charge >= 0.3 is 0 Å². The molecule has 1 aromatic carbocycles. The van der Waals surface area contributed by atoms with Gasteiger partial charge < -0.3 is 10.4 Å². The first-order valence-corrected chi connectivity index (χ1v) is 10.9. The molecule has 2 aromatic heterocycles. The van der Waals surface area contributed by atoms with Crippen LogP contribution in [-0.4, -0.2) is 35.4 Å². The van der Waals surface area contributed by atoms with E-state index in [-0.39, 0.29) is 47.1 Å². The SMILES string of the molecule is Cn1c(=O)c(C2(O)CCS(=O)C2)cc2c(NCc3cccc(C(F)F)c3F)ncnc21. The van der Waals surface area contributed by atoms with Crippen LogP contribution < -0.4 is 10.9 Å². The molecule has 1 fully saturated rings. The number of nitrogens with one attached hydrogen (secondary N) is 1. The minimum atomic E-state index is -2.94. The lowest BCUT2D eigenvalue weighted by molar-refractivity contribution is 0.0638. The Morgan fingerprint density at radius 3 is 2.81 bits per heavy atom. The number of anilines is 1. The van der Waals surface area contributed by atoms with Gasteiger partial charge in [0.2, 0.25) is 0 Å². The number of fused-ring (bicyclic) bond motifs is 1. The zero-order valence-electron chi connectivity index (χ0n) is 16.4. The Morgan fingerprint density at radius 1 is 1.35 bits per heavy atom. The molecule has 3 aromatic rings. The molecule has 4 rings (SSSR count). The van der Waals surface area contributed by atoms with Crippen molar-refractivity contribution in [2.24, 2.45) is 7.05 Å². The molecule has 2 unspecified atom stereocenters. The first-order valence-electron chi connectivity index (χ1n) is 9.43. The molecule has 0 aliphatic carbocycles. The highest BCUT2D eigenvalue weighted by Gasteiger charge is 2.40. The maximum absolute atomic E-state index is 14.4. The monoisotopic (exact) mass is 452 g/mol. The molecule has 31 heavy (non-hydrogen) atoms. The van der Waals surface area contributed by atoms with E-state index in [1.54, 1.807) is 0 Å². The van der Waals surface area contributed by atoms with Crippen molar-refractivity contribution in [1.29, 1.82) is 0 Å². The Morgan fingerprint density at radius 2 is 2.13 bits per heavy atom. The summed E-state index contributed by atoms with van der Waals surface area (Å²) < 4.78 is 53.4. The smallest absolute Gasteiger partial charge is 0.266 e. The van der Waals surface area contributed by atoms with E-state index < -0.39 is 39.8 Å². The van der Waals surface area contributed by atoms with Crippen molar-refractivity contribution in [3.05, 3.63) is 63.5 Å². The van der Waals surface area contributed by atoms with Gasteiger partial charge in [0.05, 0.1) is 22.3 Å². The molecule has 1 saturated heterocycles. The van der Waals surface area contributed by atoms with E-state index in [0.717, 1.165) is 6.07 Å². The summed E-state index contributed by atoms with van der Waals surface area (Å²) in [6, 6.07) is 5.21. The fraction of sp³-hybridized carbons (Fsp3) is 0.350. The van der Waals surface area contributed by atoms with Crippen LogP contribution in [0.2, 0.25) is 0 Å². The number of benzene rings is 1. The number of hydrogen-bond donors (Lipinski definition) is 2. The van der Waals surface area contributed by atoms with Crippen molar-refractivity contribution in [2.45, 2.75) is 25.0 Å². The van der Waals surface area contributed by atoms with Crippen LogP contribution >= 0.6 is 0 Å². The van der Waals surface area contributed by atoms with Gasteiger partial charge in [0.25, 0.3) is 12.0 Å². The van der Waals surface area contributed by atoms with Crippen LogP contribution in [0.4, 0.5) is 19.0 Å². The molecule has 7 nitrogen and oxygen atoms in total. The molecule has 1 aliphatic rings. The normalized spacial score (nSPS) is 21.2. The minimum absolute atomic E-state index is 0.0272. The Kier molecular flexibility index (Phi) is 5.56. The van der Waals surface area contributed by atoms with Crippen LogP contribution in [0.1, 0.15) is 29.5 Å². The minimum Gasteiger partial charge on any atom is -0.384 e. The van der Waals surface area contributed by atoms with Crippen molar-refractivity contribution in [2.75, 3.05) is 16.8 Å². The molecule has 0 amide bonds. The van der Waals surface area contributed by atoms with Gasteiger partial charge in [-0.3, -0.25) is 13.6 Å². The molecule has 1 aliphatic heterocycles. The highest BCUT2D eigenvalue weighted by molar-refractivity contribution is 7.85. The number of aryl methyl sites for hydroxylation is 1. The predicted octanol–water partition coefficient (Wildman–Crippen LogP) is 2.36. The second-order valence-electron chi connectivity index (χ2n) is 7.43. The van der Waals surface area contributed by atoms with Crippen LogP contribution in [0.3, 0.4) is 0 Å². The van der Waals surface area contributed by atoms with E-state index >= 15 is 0 Å². The van der Waals surface area contributed by atoms with Crippen molar-refractivity contribution in [3.63, 3.8) is 0 Å². The Labute approximate surface area is 177 Å². The first kappa shape index (κ1) is 21.4. The van der Waals surface area contributed by atoms with Gasteiger partial charge in [-0.15, -0.1) is 0 Å². The molecule has 0 bridgehead atoms.